The van der Waals surface area contributed by atoms with Crippen LogP contribution in [0.3, 0.4) is 0 Å². The minimum Gasteiger partial charge on any atom is -0.462 e. The minimum atomic E-state index is -0.767. The van der Waals surface area contributed by atoms with Gasteiger partial charge in [-0.3, -0.25) is 4.79 Å². The number of carbonyl (C=O) groups excluding carboxylic acids is 2. The molecule has 1 aliphatic carbocycles. The van der Waals surface area contributed by atoms with Gasteiger partial charge in [0.2, 0.25) is 5.91 Å². The zero-order valence-electron chi connectivity index (χ0n) is 14.8. The van der Waals surface area contributed by atoms with E-state index in [1.807, 2.05) is 65.6 Å². The van der Waals surface area contributed by atoms with Crippen LogP contribution in [0.5, 0.6) is 0 Å². The van der Waals surface area contributed by atoms with Crippen molar-refractivity contribution in [2.75, 3.05) is 13.2 Å². The average Bonchev–Trinajstić information content (AvgIpc) is 3.16. The number of cyclic esters (lactones) is 1. The molecular weight excluding hydrogens is 326 g/mol. The average molecular weight is 349 g/mol. The molecule has 1 saturated heterocycles. The van der Waals surface area contributed by atoms with Crippen LogP contribution >= 0.6 is 0 Å². The van der Waals surface area contributed by atoms with E-state index in [0.29, 0.717) is 19.4 Å². The maximum Gasteiger partial charge on any atom is 0.332 e. The maximum absolute atomic E-state index is 13.7. The Morgan fingerprint density at radius 2 is 1.46 bits per heavy atom. The number of rotatable bonds is 3. The molecule has 0 atom stereocenters. The van der Waals surface area contributed by atoms with Crippen molar-refractivity contribution in [1.82, 2.24) is 4.90 Å². The lowest BCUT2D eigenvalue weighted by Crippen LogP contribution is -2.61. The van der Waals surface area contributed by atoms with E-state index >= 15 is 0 Å². The van der Waals surface area contributed by atoms with Gasteiger partial charge < -0.3 is 9.64 Å². The largest absolute Gasteiger partial charge is 0.462 e. The standard InChI is InChI=1S/C22H23NO3/c24-20(23-15-16-26-21(25)22(23)13-7-8-14-22)19(17-9-3-1-4-10-17)18-11-5-2-6-12-18/h1-6,9-12,19H,7-8,13-16H2. The molecule has 0 N–H and O–H groups in total. The van der Waals surface area contributed by atoms with Crippen LogP contribution < -0.4 is 0 Å². The quantitative estimate of drug-likeness (QED) is 0.797. The van der Waals surface area contributed by atoms with Crippen molar-refractivity contribution >= 4 is 11.9 Å². The summed E-state index contributed by atoms with van der Waals surface area (Å²) in [4.78, 5) is 28.2. The summed E-state index contributed by atoms with van der Waals surface area (Å²) >= 11 is 0. The van der Waals surface area contributed by atoms with E-state index in [1.165, 1.54) is 0 Å². The number of ether oxygens (including phenoxy) is 1. The van der Waals surface area contributed by atoms with Crippen molar-refractivity contribution < 1.29 is 14.3 Å². The summed E-state index contributed by atoms with van der Waals surface area (Å²) in [5.41, 5.74) is 1.14. The van der Waals surface area contributed by atoms with E-state index < -0.39 is 11.5 Å². The first-order chi connectivity index (χ1) is 12.7. The molecule has 134 valence electrons. The summed E-state index contributed by atoms with van der Waals surface area (Å²) in [5.74, 6) is -0.629. The van der Waals surface area contributed by atoms with Gasteiger partial charge in [0.25, 0.3) is 0 Å². The molecule has 0 aromatic heterocycles. The number of esters is 1. The summed E-state index contributed by atoms with van der Waals surface area (Å²) in [6, 6.07) is 19.7. The third-order valence-electron chi connectivity index (χ3n) is 5.65. The van der Waals surface area contributed by atoms with Crippen LogP contribution in [0.15, 0.2) is 60.7 Å². The van der Waals surface area contributed by atoms with Crippen LogP contribution in [0.2, 0.25) is 0 Å². The van der Waals surface area contributed by atoms with Crippen LogP contribution in [-0.4, -0.2) is 35.5 Å². The van der Waals surface area contributed by atoms with Gasteiger partial charge in [-0.15, -0.1) is 0 Å². The normalized spacial score (nSPS) is 19.0. The van der Waals surface area contributed by atoms with Crippen molar-refractivity contribution in [2.24, 2.45) is 0 Å². The predicted octanol–water partition coefficient (Wildman–Crippen LogP) is 3.52. The minimum absolute atomic E-state index is 0.000880. The summed E-state index contributed by atoms with van der Waals surface area (Å²) in [5, 5.41) is 0. The lowest BCUT2D eigenvalue weighted by atomic mass is 9.86. The fourth-order valence-electron chi connectivity index (χ4n) is 4.37. The van der Waals surface area contributed by atoms with E-state index in [0.717, 1.165) is 24.0 Å². The molecule has 2 aromatic carbocycles. The topological polar surface area (TPSA) is 46.6 Å². The van der Waals surface area contributed by atoms with E-state index in [-0.39, 0.29) is 18.5 Å². The Hall–Kier alpha value is -2.62. The highest BCUT2D eigenvalue weighted by atomic mass is 16.5. The smallest absolute Gasteiger partial charge is 0.332 e. The number of hydrogen-bond donors (Lipinski definition) is 0. The first kappa shape index (κ1) is 16.8. The molecule has 4 nitrogen and oxygen atoms in total. The van der Waals surface area contributed by atoms with Gasteiger partial charge in [0.15, 0.2) is 0 Å². The number of carbonyl (C=O) groups is 2. The molecule has 0 radical (unpaired) electrons. The highest BCUT2D eigenvalue weighted by Gasteiger charge is 2.52. The van der Waals surface area contributed by atoms with Crippen LogP contribution in [0, 0.1) is 0 Å². The third-order valence-corrected chi connectivity index (χ3v) is 5.65. The molecule has 2 aromatic rings. The molecule has 4 rings (SSSR count). The van der Waals surface area contributed by atoms with Crippen molar-refractivity contribution in [3.8, 4) is 0 Å². The van der Waals surface area contributed by atoms with E-state index in [4.69, 9.17) is 4.74 Å². The van der Waals surface area contributed by atoms with Gasteiger partial charge in [-0.05, 0) is 24.0 Å². The second-order valence-electron chi connectivity index (χ2n) is 7.12. The Morgan fingerprint density at radius 3 is 2.00 bits per heavy atom. The molecular formula is C22H23NO3. The number of benzene rings is 2. The Balaban J connectivity index is 1.76. The summed E-state index contributed by atoms with van der Waals surface area (Å²) < 4.78 is 5.35. The van der Waals surface area contributed by atoms with Crippen molar-refractivity contribution in [3.63, 3.8) is 0 Å². The van der Waals surface area contributed by atoms with Crippen molar-refractivity contribution in [3.05, 3.63) is 71.8 Å². The first-order valence-electron chi connectivity index (χ1n) is 9.31. The Kier molecular flexibility index (Phi) is 4.49. The van der Waals surface area contributed by atoms with Gasteiger partial charge in [0, 0.05) is 0 Å². The number of nitrogens with zero attached hydrogens (tertiary/aromatic N) is 1. The second kappa shape index (κ2) is 6.94. The van der Waals surface area contributed by atoms with Gasteiger partial charge in [-0.2, -0.15) is 0 Å². The number of hydrogen-bond acceptors (Lipinski definition) is 3. The molecule has 1 amide bonds. The lowest BCUT2D eigenvalue weighted by Gasteiger charge is -2.44. The highest BCUT2D eigenvalue weighted by molar-refractivity contribution is 5.94. The van der Waals surface area contributed by atoms with Gasteiger partial charge in [-0.1, -0.05) is 73.5 Å². The van der Waals surface area contributed by atoms with Gasteiger partial charge in [-0.25, -0.2) is 4.79 Å². The fourth-order valence-corrected chi connectivity index (χ4v) is 4.37. The van der Waals surface area contributed by atoms with E-state index in [1.54, 1.807) is 0 Å². The van der Waals surface area contributed by atoms with Gasteiger partial charge in [0.05, 0.1) is 12.5 Å². The van der Waals surface area contributed by atoms with Crippen LogP contribution in [0.25, 0.3) is 0 Å². The molecule has 1 saturated carbocycles. The molecule has 4 heteroatoms. The molecule has 1 heterocycles. The first-order valence-corrected chi connectivity index (χ1v) is 9.31. The number of amides is 1. The molecule has 1 aliphatic heterocycles. The van der Waals surface area contributed by atoms with E-state index in [2.05, 4.69) is 0 Å². The van der Waals surface area contributed by atoms with Crippen molar-refractivity contribution in [1.29, 1.82) is 0 Å². The Morgan fingerprint density at radius 1 is 0.923 bits per heavy atom. The monoisotopic (exact) mass is 349 g/mol. The molecule has 2 fully saturated rings. The second-order valence-corrected chi connectivity index (χ2v) is 7.12. The maximum atomic E-state index is 13.7. The van der Waals surface area contributed by atoms with E-state index in [9.17, 15) is 9.59 Å². The predicted molar refractivity (Wildman–Crippen MR) is 98.6 cm³/mol. The van der Waals surface area contributed by atoms with Crippen LogP contribution in [0.1, 0.15) is 42.7 Å². The molecule has 1 spiro atoms. The van der Waals surface area contributed by atoms with Crippen molar-refractivity contribution in [2.45, 2.75) is 37.1 Å². The Labute approximate surface area is 153 Å². The molecule has 0 unspecified atom stereocenters. The zero-order valence-corrected chi connectivity index (χ0v) is 14.8. The highest BCUT2D eigenvalue weighted by Crippen LogP contribution is 2.40. The lowest BCUT2D eigenvalue weighted by molar-refractivity contribution is -0.174. The summed E-state index contributed by atoms with van der Waals surface area (Å²) in [6.07, 6.45) is 3.32. The summed E-state index contributed by atoms with van der Waals surface area (Å²) in [7, 11) is 0. The fraction of sp³-hybridized carbons (Fsp3) is 0.364. The van der Waals surface area contributed by atoms with Crippen LogP contribution in [0.4, 0.5) is 0 Å². The summed E-state index contributed by atoms with van der Waals surface area (Å²) in [6.45, 7) is 0.753. The SMILES string of the molecule is O=C(C(c1ccccc1)c1ccccc1)N1CCOC(=O)C12CCCC2. The van der Waals surface area contributed by atoms with Gasteiger partial charge >= 0.3 is 5.97 Å². The van der Waals surface area contributed by atoms with Crippen LogP contribution in [-0.2, 0) is 14.3 Å². The third kappa shape index (κ3) is 2.79. The zero-order chi connectivity index (χ0) is 18.0. The molecule has 2 aliphatic rings. The number of morpholine rings is 1. The van der Waals surface area contributed by atoms with Gasteiger partial charge in [0.1, 0.15) is 12.1 Å². The molecule has 0 bridgehead atoms. The molecule has 26 heavy (non-hydrogen) atoms. The Bertz CT molecular complexity index is 742.